The summed E-state index contributed by atoms with van der Waals surface area (Å²) in [6.45, 7) is 0.971. The molecule has 0 radical (unpaired) electrons. The second-order valence-electron chi connectivity index (χ2n) is 9.47. The highest BCUT2D eigenvalue weighted by atomic mass is 19.4. The number of aliphatic carboxylic acids is 1. The fourth-order valence-corrected chi connectivity index (χ4v) is 5.33. The first-order chi connectivity index (χ1) is 18.3. The summed E-state index contributed by atoms with van der Waals surface area (Å²) < 4.78 is 69.6. The van der Waals surface area contributed by atoms with Crippen LogP contribution in [0.15, 0.2) is 36.4 Å². The second kappa shape index (κ2) is 12.1. The number of nitrogens with one attached hydrogen (secondary N) is 2. The van der Waals surface area contributed by atoms with Crippen molar-refractivity contribution in [3.8, 4) is 11.5 Å². The van der Waals surface area contributed by atoms with E-state index < -0.39 is 29.8 Å². The number of methoxy groups -OCH3 is 2. The van der Waals surface area contributed by atoms with Crippen molar-refractivity contribution >= 4 is 17.7 Å². The van der Waals surface area contributed by atoms with Crippen LogP contribution in [0.5, 0.6) is 11.5 Å². The third-order valence-electron chi connectivity index (χ3n) is 7.24. The molecule has 2 aromatic rings. The van der Waals surface area contributed by atoms with Crippen molar-refractivity contribution in [2.75, 3.05) is 33.1 Å². The summed E-state index contributed by atoms with van der Waals surface area (Å²) in [6, 6.07) is 8.95. The minimum Gasteiger partial charge on any atom is -0.493 e. The molecule has 0 spiro atoms. The molecular weight excluding hydrogens is 529 g/mol. The van der Waals surface area contributed by atoms with Crippen LogP contribution in [0.3, 0.4) is 0 Å². The number of hydrogen-bond donors (Lipinski definition) is 3. The van der Waals surface area contributed by atoms with Crippen LogP contribution in [0.2, 0.25) is 0 Å². The van der Waals surface area contributed by atoms with Crippen LogP contribution >= 0.6 is 0 Å². The largest absolute Gasteiger partial charge is 0.493 e. The van der Waals surface area contributed by atoms with Gasteiger partial charge in [-0.25, -0.2) is 18.4 Å². The van der Waals surface area contributed by atoms with Gasteiger partial charge in [-0.3, -0.25) is 0 Å². The van der Waals surface area contributed by atoms with Gasteiger partial charge in [0.15, 0.2) is 11.5 Å². The number of likely N-dealkylation sites (N-methyl/N-ethyl adjacent to an activating group) is 1. The Labute approximate surface area is 222 Å². The van der Waals surface area contributed by atoms with Crippen LogP contribution in [-0.2, 0) is 10.2 Å². The normalized spacial score (nSPS) is 22.7. The number of carbonyl (C=O) groups excluding carboxylic acids is 1. The Balaban J connectivity index is 0.000000532. The van der Waals surface area contributed by atoms with Crippen LogP contribution in [0, 0.1) is 11.6 Å². The second-order valence-corrected chi connectivity index (χ2v) is 9.47. The van der Waals surface area contributed by atoms with E-state index in [9.17, 15) is 26.7 Å². The molecule has 4 rings (SSSR count). The van der Waals surface area contributed by atoms with Gasteiger partial charge in [-0.1, -0.05) is 6.07 Å². The number of halogens is 5. The van der Waals surface area contributed by atoms with Crippen molar-refractivity contribution in [1.29, 1.82) is 0 Å². The number of nitrogens with zero attached hydrogens (tertiary/aromatic N) is 1. The number of carboxylic acids is 1. The molecule has 1 saturated heterocycles. The smallest absolute Gasteiger partial charge is 0.490 e. The van der Waals surface area contributed by atoms with E-state index in [4.69, 9.17) is 19.4 Å². The van der Waals surface area contributed by atoms with Gasteiger partial charge in [-0.2, -0.15) is 13.2 Å². The van der Waals surface area contributed by atoms with Gasteiger partial charge in [0.25, 0.3) is 0 Å². The van der Waals surface area contributed by atoms with Crippen LogP contribution < -0.4 is 20.1 Å². The average molecular weight is 560 g/mol. The molecule has 2 aliphatic rings. The van der Waals surface area contributed by atoms with Crippen molar-refractivity contribution in [3.05, 3.63) is 53.6 Å². The minimum atomic E-state index is -5.08. The Morgan fingerprint density at radius 3 is 2.31 bits per heavy atom. The van der Waals surface area contributed by atoms with E-state index in [1.807, 2.05) is 6.07 Å². The van der Waals surface area contributed by atoms with E-state index in [2.05, 4.69) is 34.7 Å². The number of carbonyl (C=O) groups is 2. The maximum absolute atomic E-state index is 13.9. The number of fused-ring (bicyclic) bond motifs is 1. The molecule has 1 aliphatic heterocycles. The number of hydrogen-bond acceptors (Lipinski definition) is 5. The molecule has 0 bridgehead atoms. The van der Waals surface area contributed by atoms with Crippen LogP contribution in [0.4, 0.5) is 32.4 Å². The maximum atomic E-state index is 13.9. The molecule has 1 aliphatic carbocycles. The zero-order valence-electron chi connectivity index (χ0n) is 21.6. The lowest BCUT2D eigenvalue weighted by atomic mass is 9.65. The van der Waals surface area contributed by atoms with Crippen molar-refractivity contribution in [2.24, 2.45) is 0 Å². The fourth-order valence-electron chi connectivity index (χ4n) is 5.33. The van der Waals surface area contributed by atoms with Crippen molar-refractivity contribution in [3.63, 3.8) is 0 Å². The highest BCUT2D eigenvalue weighted by Crippen LogP contribution is 2.49. The molecular formula is C26H30F5N3O5. The molecule has 2 aromatic carbocycles. The van der Waals surface area contributed by atoms with E-state index in [1.54, 1.807) is 14.2 Å². The summed E-state index contributed by atoms with van der Waals surface area (Å²) in [5.41, 5.74) is 1.16. The molecule has 3 atom stereocenters. The first kappa shape index (κ1) is 29.9. The van der Waals surface area contributed by atoms with Gasteiger partial charge in [0.2, 0.25) is 0 Å². The van der Waals surface area contributed by atoms with Crippen LogP contribution in [0.1, 0.15) is 31.2 Å². The van der Waals surface area contributed by atoms with Crippen molar-refractivity contribution < 1.29 is 46.1 Å². The molecule has 0 aromatic heterocycles. The SMILES string of the molecule is COc1ccc([C@]23CC[C@H](NC(=O)Nc4ccc(F)cc4F)C[C@H]2N(C)CC3)cc1OC.O=C(O)C(F)(F)F. The Bertz CT molecular complexity index is 1200. The highest BCUT2D eigenvalue weighted by molar-refractivity contribution is 5.89. The number of likely N-dealkylation sites (tertiary alicyclic amines) is 1. The monoisotopic (exact) mass is 559 g/mol. The lowest BCUT2D eigenvalue weighted by molar-refractivity contribution is -0.192. The van der Waals surface area contributed by atoms with Crippen LogP contribution in [0.25, 0.3) is 0 Å². The molecule has 2 amide bonds. The Kier molecular flexibility index (Phi) is 9.26. The summed E-state index contributed by atoms with van der Waals surface area (Å²) in [4.78, 5) is 23.7. The number of carboxylic acid groups (broad SMARTS) is 1. The van der Waals surface area contributed by atoms with E-state index in [-0.39, 0.29) is 23.2 Å². The summed E-state index contributed by atoms with van der Waals surface area (Å²) in [5, 5.41) is 12.6. The molecule has 2 fully saturated rings. The zero-order valence-corrected chi connectivity index (χ0v) is 21.6. The average Bonchev–Trinajstić information content (AvgIpc) is 3.22. The number of rotatable bonds is 5. The van der Waals surface area contributed by atoms with Gasteiger partial charge in [0.1, 0.15) is 11.6 Å². The first-order valence-corrected chi connectivity index (χ1v) is 12.1. The predicted molar refractivity (Wildman–Crippen MR) is 132 cm³/mol. The molecule has 214 valence electrons. The van der Waals surface area contributed by atoms with Gasteiger partial charge in [0, 0.05) is 23.6 Å². The summed E-state index contributed by atoms with van der Waals surface area (Å²) in [5.74, 6) is -2.82. The number of benzene rings is 2. The topological polar surface area (TPSA) is 100 Å². The molecule has 1 saturated carbocycles. The molecule has 1 heterocycles. The third-order valence-corrected chi connectivity index (χ3v) is 7.24. The summed E-state index contributed by atoms with van der Waals surface area (Å²) in [7, 11) is 5.38. The van der Waals surface area contributed by atoms with Gasteiger partial charge in [-0.15, -0.1) is 0 Å². The third kappa shape index (κ3) is 6.88. The molecule has 0 unspecified atom stereocenters. The minimum absolute atomic E-state index is 0.0218. The maximum Gasteiger partial charge on any atom is 0.490 e. The number of ether oxygens (including phenoxy) is 2. The predicted octanol–water partition coefficient (Wildman–Crippen LogP) is 4.93. The number of urea groups is 1. The van der Waals surface area contributed by atoms with Gasteiger partial charge >= 0.3 is 18.2 Å². The van der Waals surface area contributed by atoms with E-state index in [1.165, 1.54) is 11.6 Å². The molecule has 39 heavy (non-hydrogen) atoms. The lowest BCUT2D eigenvalue weighted by Gasteiger charge is -2.45. The Hall–Kier alpha value is -3.61. The van der Waals surface area contributed by atoms with Gasteiger partial charge in [-0.05, 0) is 69.1 Å². The molecule has 13 heteroatoms. The number of amides is 2. The van der Waals surface area contributed by atoms with E-state index in [0.29, 0.717) is 11.5 Å². The van der Waals surface area contributed by atoms with E-state index >= 15 is 0 Å². The van der Waals surface area contributed by atoms with Gasteiger partial charge in [0.05, 0.1) is 19.9 Å². The Morgan fingerprint density at radius 1 is 1.05 bits per heavy atom. The van der Waals surface area contributed by atoms with E-state index in [0.717, 1.165) is 44.4 Å². The first-order valence-electron chi connectivity index (χ1n) is 12.1. The molecule has 8 nitrogen and oxygen atoms in total. The molecule has 3 N–H and O–H groups in total. The Morgan fingerprint density at radius 2 is 1.72 bits per heavy atom. The highest BCUT2D eigenvalue weighted by Gasteiger charge is 2.50. The number of anilines is 1. The van der Waals surface area contributed by atoms with Crippen molar-refractivity contribution in [1.82, 2.24) is 10.2 Å². The quantitative estimate of drug-likeness (QED) is 0.450. The summed E-state index contributed by atoms with van der Waals surface area (Å²) in [6.07, 6.45) is -1.56. The van der Waals surface area contributed by atoms with Crippen molar-refractivity contribution in [2.45, 2.75) is 49.4 Å². The zero-order chi connectivity index (χ0) is 29.0. The summed E-state index contributed by atoms with van der Waals surface area (Å²) >= 11 is 0. The standard InChI is InChI=1S/C24H29F2N3O3.C2HF3O2/c1-29-11-10-24(15-4-7-20(31-2)21(12-15)32-3)9-8-17(14-22(24)29)27-23(30)28-19-6-5-16(25)13-18(19)26;3-2(4,5)1(6)7/h4-7,12-13,17,22H,8-11,14H2,1-3H3,(H2,27,28,30);(H,6,7)/t17-,22+,24+;/m0./s1. The van der Waals surface area contributed by atoms with Crippen LogP contribution in [-0.4, -0.2) is 68.1 Å². The van der Waals surface area contributed by atoms with Gasteiger partial charge < -0.3 is 30.1 Å². The lowest BCUT2D eigenvalue weighted by Crippen LogP contribution is -2.52. The number of alkyl halides is 3. The fraction of sp³-hybridized carbons (Fsp3) is 0.462.